The Kier molecular flexibility index (Phi) is 1.76. The molecule has 0 radical (unpaired) electrons. The summed E-state index contributed by atoms with van der Waals surface area (Å²) in [5, 5.41) is 9.01. The molecular formula is C7H7NO3. The predicted molar refractivity (Wildman–Crippen MR) is 38.7 cm³/mol. The third-order valence-electron chi connectivity index (χ3n) is 1.40. The van der Waals surface area contributed by atoms with E-state index < -0.39 is 11.3 Å². The van der Waals surface area contributed by atoms with Crippen LogP contribution in [0.2, 0.25) is 0 Å². The number of nitrogens with zero attached hydrogens (tertiary/aromatic N) is 1. The van der Waals surface area contributed by atoms with Gasteiger partial charge in [-0.2, -0.15) is 0 Å². The molecule has 0 fully saturated rings. The first-order chi connectivity index (χ1) is 5.16. The molecule has 0 aliphatic heterocycles. The Morgan fingerprint density at radius 3 is 2.82 bits per heavy atom. The van der Waals surface area contributed by atoms with Gasteiger partial charge in [0, 0.05) is 13.2 Å². The molecule has 1 heterocycles. The average molecular weight is 153 g/mol. The van der Waals surface area contributed by atoms with Crippen molar-refractivity contribution < 1.29 is 9.90 Å². The zero-order chi connectivity index (χ0) is 8.43. The number of pyridine rings is 1. The van der Waals surface area contributed by atoms with Crippen LogP contribution in [0.25, 0.3) is 0 Å². The van der Waals surface area contributed by atoms with E-state index in [1.165, 1.54) is 23.9 Å². The van der Waals surface area contributed by atoms with E-state index in [9.17, 15) is 9.59 Å². The second kappa shape index (κ2) is 2.57. The van der Waals surface area contributed by atoms with Crippen molar-refractivity contribution in [3.63, 3.8) is 0 Å². The quantitative estimate of drug-likeness (QED) is 0.573. The summed E-state index contributed by atoms with van der Waals surface area (Å²) >= 11 is 0. The van der Waals surface area contributed by atoms with E-state index in [-0.39, 0.29) is 5.56 Å². The first-order valence-electron chi connectivity index (χ1n) is 3.00. The molecule has 0 unspecified atom stereocenters. The lowest BCUT2D eigenvalue weighted by molar-refractivity contribution is 0.112. The zero-order valence-electron chi connectivity index (χ0n) is 5.94. The Balaban J connectivity index is 3.49. The summed E-state index contributed by atoms with van der Waals surface area (Å²) in [5.41, 5.74) is -0.539. The number of hydrogen-bond acceptors (Lipinski definition) is 3. The van der Waals surface area contributed by atoms with Crippen LogP contribution in [0.4, 0.5) is 0 Å². The van der Waals surface area contributed by atoms with E-state index in [2.05, 4.69) is 0 Å². The molecule has 11 heavy (non-hydrogen) atoms. The maximum Gasteiger partial charge on any atom is 0.293 e. The van der Waals surface area contributed by atoms with Gasteiger partial charge < -0.3 is 9.67 Å². The Morgan fingerprint density at radius 1 is 1.64 bits per heavy atom. The van der Waals surface area contributed by atoms with Crippen molar-refractivity contribution in [3.8, 4) is 5.75 Å². The Morgan fingerprint density at radius 2 is 2.27 bits per heavy atom. The number of carbonyl (C=O) groups is 1. The normalized spacial score (nSPS) is 9.55. The second-order valence-corrected chi connectivity index (χ2v) is 2.15. The third-order valence-corrected chi connectivity index (χ3v) is 1.40. The lowest BCUT2D eigenvalue weighted by atomic mass is 10.3. The van der Waals surface area contributed by atoms with Gasteiger partial charge in [0.15, 0.2) is 12.0 Å². The van der Waals surface area contributed by atoms with Crippen molar-refractivity contribution in [2.75, 3.05) is 0 Å². The lowest BCUT2D eigenvalue weighted by Gasteiger charge is -1.98. The van der Waals surface area contributed by atoms with Crippen LogP contribution in [0.1, 0.15) is 10.4 Å². The maximum absolute atomic E-state index is 10.9. The molecule has 0 atom stereocenters. The minimum atomic E-state index is -0.561. The Hall–Kier alpha value is -1.58. The molecule has 0 spiro atoms. The summed E-state index contributed by atoms with van der Waals surface area (Å²) in [7, 11) is 1.50. The number of aldehydes is 1. The fourth-order valence-electron chi connectivity index (χ4n) is 0.724. The van der Waals surface area contributed by atoms with Crippen molar-refractivity contribution >= 4 is 6.29 Å². The van der Waals surface area contributed by atoms with Crippen LogP contribution in [-0.2, 0) is 7.05 Å². The lowest BCUT2D eigenvalue weighted by Crippen LogP contribution is -2.16. The van der Waals surface area contributed by atoms with Crippen LogP contribution in [-0.4, -0.2) is 16.0 Å². The molecule has 0 saturated carbocycles. The van der Waals surface area contributed by atoms with E-state index in [1.807, 2.05) is 0 Å². The fraction of sp³-hybridized carbons (Fsp3) is 0.143. The van der Waals surface area contributed by atoms with E-state index in [4.69, 9.17) is 5.11 Å². The van der Waals surface area contributed by atoms with Crippen molar-refractivity contribution in [2.45, 2.75) is 0 Å². The van der Waals surface area contributed by atoms with Gasteiger partial charge in [0.2, 0.25) is 0 Å². The van der Waals surface area contributed by atoms with Gasteiger partial charge in [0.1, 0.15) is 0 Å². The van der Waals surface area contributed by atoms with Crippen molar-refractivity contribution in [3.05, 3.63) is 28.2 Å². The third kappa shape index (κ3) is 1.14. The van der Waals surface area contributed by atoms with Crippen LogP contribution in [0.3, 0.4) is 0 Å². The summed E-state index contributed by atoms with van der Waals surface area (Å²) in [6.07, 6.45) is 1.86. The van der Waals surface area contributed by atoms with Gasteiger partial charge in [0.25, 0.3) is 5.56 Å². The van der Waals surface area contributed by atoms with Crippen LogP contribution in [0.5, 0.6) is 5.75 Å². The molecule has 1 rings (SSSR count). The van der Waals surface area contributed by atoms with Crippen molar-refractivity contribution in [1.82, 2.24) is 4.57 Å². The largest absolute Gasteiger partial charge is 0.503 e. The zero-order valence-corrected chi connectivity index (χ0v) is 5.94. The van der Waals surface area contributed by atoms with E-state index in [1.54, 1.807) is 0 Å². The molecule has 1 aromatic rings. The number of aromatic nitrogens is 1. The summed E-state index contributed by atoms with van der Waals surface area (Å²) in [4.78, 5) is 21.1. The average Bonchev–Trinajstić information content (AvgIpc) is 2.01. The summed E-state index contributed by atoms with van der Waals surface area (Å²) in [6, 6.07) is 1.38. The number of aryl methyl sites for hydroxylation is 1. The molecule has 1 aromatic heterocycles. The predicted octanol–water partition coefficient (Wildman–Crippen LogP) is -0.0966. The molecule has 0 bridgehead atoms. The highest BCUT2D eigenvalue weighted by molar-refractivity contribution is 5.78. The SMILES string of the molecule is Cn1ccc(C=O)c(O)c1=O. The van der Waals surface area contributed by atoms with Gasteiger partial charge in [-0.05, 0) is 6.07 Å². The molecular weight excluding hydrogens is 146 g/mol. The molecule has 0 aliphatic carbocycles. The minimum Gasteiger partial charge on any atom is -0.503 e. The molecule has 58 valence electrons. The van der Waals surface area contributed by atoms with E-state index in [0.717, 1.165) is 0 Å². The highest BCUT2D eigenvalue weighted by atomic mass is 16.3. The second-order valence-electron chi connectivity index (χ2n) is 2.15. The van der Waals surface area contributed by atoms with Crippen LogP contribution >= 0.6 is 0 Å². The molecule has 0 aliphatic rings. The van der Waals surface area contributed by atoms with E-state index in [0.29, 0.717) is 6.29 Å². The van der Waals surface area contributed by atoms with Crippen molar-refractivity contribution in [1.29, 1.82) is 0 Å². The van der Waals surface area contributed by atoms with Crippen LogP contribution in [0.15, 0.2) is 17.1 Å². The minimum absolute atomic E-state index is 0.0214. The molecule has 0 aromatic carbocycles. The van der Waals surface area contributed by atoms with Gasteiger partial charge >= 0.3 is 0 Å². The standard InChI is InChI=1S/C7H7NO3/c1-8-3-2-5(4-9)6(10)7(8)11/h2-4,10H,1H3. The fourth-order valence-corrected chi connectivity index (χ4v) is 0.724. The van der Waals surface area contributed by atoms with Gasteiger partial charge in [-0.15, -0.1) is 0 Å². The molecule has 0 amide bonds. The van der Waals surface area contributed by atoms with Crippen LogP contribution < -0.4 is 5.56 Å². The first-order valence-corrected chi connectivity index (χ1v) is 3.00. The topological polar surface area (TPSA) is 59.3 Å². The number of carbonyl (C=O) groups excluding carboxylic acids is 1. The number of hydrogen-bond donors (Lipinski definition) is 1. The van der Waals surface area contributed by atoms with Gasteiger partial charge in [-0.1, -0.05) is 0 Å². The maximum atomic E-state index is 10.9. The Bertz CT molecular complexity index is 340. The number of aromatic hydroxyl groups is 1. The summed E-state index contributed by atoms with van der Waals surface area (Å²) in [6.45, 7) is 0. The first kappa shape index (κ1) is 7.53. The highest BCUT2D eigenvalue weighted by Crippen LogP contribution is 2.05. The van der Waals surface area contributed by atoms with Gasteiger partial charge in [-0.25, -0.2) is 0 Å². The molecule has 0 saturated heterocycles. The molecule has 1 N–H and O–H groups in total. The van der Waals surface area contributed by atoms with E-state index >= 15 is 0 Å². The van der Waals surface area contributed by atoms with Gasteiger partial charge in [-0.3, -0.25) is 9.59 Å². The molecule has 4 nitrogen and oxygen atoms in total. The monoisotopic (exact) mass is 153 g/mol. The van der Waals surface area contributed by atoms with Gasteiger partial charge in [0.05, 0.1) is 5.56 Å². The van der Waals surface area contributed by atoms with Crippen molar-refractivity contribution in [2.24, 2.45) is 7.05 Å². The summed E-state index contributed by atoms with van der Waals surface area (Å²) in [5.74, 6) is -0.495. The summed E-state index contributed by atoms with van der Waals surface area (Å²) < 4.78 is 1.20. The highest BCUT2D eigenvalue weighted by Gasteiger charge is 2.04. The van der Waals surface area contributed by atoms with Crippen LogP contribution in [0, 0.1) is 0 Å². The Labute approximate surface area is 62.7 Å². The molecule has 4 heteroatoms. The number of rotatable bonds is 1. The smallest absolute Gasteiger partial charge is 0.293 e.